The minimum Gasteiger partial charge on any atom is -0.373 e. The van der Waals surface area contributed by atoms with Crippen LogP contribution in [0.2, 0.25) is 0 Å². The molecule has 2 aromatic heterocycles. The number of hydrogen-bond acceptors (Lipinski definition) is 3. The Morgan fingerprint density at radius 3 is 2.85 bits per heavy atom. The highest BCUT2D eigenvalue weighted by Gasteiger charge is 2.43. The Kier molecular flexibility index (Phi) is 2.79. The van der Waals surface area contributed by atoms with Crippen molar-refractivity contribution in [2.75, 3.05) is 0 Å². The minimum absolute atomic E-state index is 0.122. The first-order valence-electron chi connectivity index (χ1n) is 7.28. The number of aryl methyl sites for hydroxylation is 1. The maximum atomic E-state index is 6.35. The highest BCUT2D eigenvalue weighted by molar-refractivity contribution is 6.20. The van der Waals surface area contributed by atoms with Crippen molar-refractivity contribution in [3.8, 4) is 0 Å². The smallest absolute Gasteiger partial charge is 0.160 e. The van der Waals surface area contributed by atoms with Gasteiger partial charge in [0.2, 0.25) is 0 Å². The second-order valence-electron chi connectivity index (χ2n) is 5.93. The lowest BCUT2D eigenvalue weighted by Crippen LogP contribution is -2.23. The van der Waals surface area contributed by atoms with Crippen LogP contribution in [-0.2, 0) is 4.74 Å². The third-order valence-electron chi connectivity index (χ3n) is 4.47. The van der Waals surface area contributed by atoms with Gasteiger partial charge in [0.25, 0.3) is 0 Å². The molecule has 0 aromatic carbocycles. The number of ether oxygens (including phenoxy) is 1. The van der Waals surface area contributed by atoms with Crippen LogP contribution in [0.1, 0.15) is 49.1 Å². The van der Waals surface area contributed by atoms with Gasteiger partial charge >= 0.3 is 0 Å². The molecule has 2 aliphatic heterocycles. The summed E-state index contributed by atoms with van der Waals surface area (Å²) in [5.74, 6) is 0.918. The number of rotatable bonds is 2. The fourth-order valence-electron chi connectivity index (χ4n) is 3.58. The fraction of sp³-hybridized carbons (Fsp3) is 0.600. The summed E-state index contributed by atoms with van der Waals surface area (Å²) in [4.78, 5) is 9.39. The van der Waals surface area contributed by atoms with Crippen LogP contribution in [0.15, 0.2) is 12.1 Å². The molecule has 2 aliphatic rings. The van der Waals surface area contributed by atoms with Crippen LogP contribution >= 0.6 is 11.6 Å². The van der Waals surface area contributed by atoms with Gasteiger partial charge < -0.3 is 9.30 Å². The average molecular weight is 292 g/mol. The molecule has 20 heavy (non-hydrogen) atoms. The lowest BCUT2D eigenvalue weighted by atomic mass is 9.95. The molecule has 4 rings (SSSR count). The maximum Gasteiger partial charge on any atom is 0.160 e. The molecule has 5 heteroatoms. The third kappa shape index (κ3) is 1.78. The third-order valence-corrected chi connectivity index (χ3v) is 4.66. The zero-order valence-corrected chi connectivity index (χ0v) is 12.5. The van der Waals surface area contributed by atoms with Crippen molar-refractivity contribution < 1.29 is 4.74 Å². The quantitative estimate of drug-likeness (QED) is 0.795. The van der Waals surface area contributed by atoms with Gasteiger partial charge in [-0.3, -0.25) is 0 Å². The monoisotopic (exact) mass is 291 g/mol. The van der Waals surface area contributed by atoms with Crippen molar-refractivity contribution in [1.82, 2.24) is 14.5 Å². The molecule has 2 bridgehead atoms. The Balaban J connectivity index is 1.91. The van der Waals surface area contributed by atoms with Crippen molar-refractivity contribution in [3.63, 3.8) is 0 Å². The molecule has 0 radical (unpaired) electrons. The standard InChI is InChI=1S/C15H18ClN3O/c1-8-3-5-11-15(17-8)19(14(18-11)9(2)16)12-7-10-4-6-13(12)20-10/h3,5,9-10,12-13H,4,6-7H2,1-2H3. The number of nitrogens with zero attached hydrogens (tertiary/aromatic N) is 3. The van der Waals surface area contributed by atoms with Gasteiger partial charge in [-0.15, -0.1) is 11.6 Å². The Labute approximate surface area is 123 Å². The molecule has 4 atom stereocenters. The van der Waals surface area contributed by atoms with Crippen molar-refractivity contribution in [3.05, 3.63) is 23.7 Å². The first-order valence-corrected chi connectivity index (χ1v) is 7.72. The summed E-state index contributed by atoms with van der Waals surface area (Å²) < 4.78 is 8.24. The summed E-state index contributed by atoms with van der Waals surface area (Å²) >= 11 is 6.35. The molecule has 0 saturated carbocycles. The molecule has 2 saturated heterocycles. The molecule has 2 fully saturated rings. The summed E-state index contributed by atoms with van der Waals surface area (Å²) in [6.07, 6.45) is 4.09. The van der Waals surface area contributed by atoms with E-state index in [-0.39, 0.29) is 5.38 Å². The van der Waals surface area contributed by atoms with Gasteiger partial charge in [-0.05, 0) is 45.2 Å². The summed E-state index contributed by atoms with van der Waals surface area (Å²) in [5, 5.41) is -0.122. The minimum atomic E-state index is -0.122. The van der Waals surface area contributed by atoms with Crippen molar-refractivity contribution in [2.45, 2.75) is 56.7 Å². The molecule has 0 N–H and O–H groups in total. The van der Waals surface area contributed by atoms with E-state index in [4.69, 9.17) is 26.3 Å². The van der Waals surface area contributed by atoms with Crippen LogP contribution in [0, 0.1) is 6.92 Å². The Hall–Kier alpha value is -1.13. The van der Waals surface area contributed by atoms with Crippen LogP contribution in [0.25, 0.3) is 11.2 Å². The van der Waals surface area contributed by atoms with Gasteiger partial charge in [-0.2, -0.15) is 0 Å². The number of alkyl halides is 1. The second-order valence-corrected chi connectivity index (χ2v) is 6.58. The van der Waals surface area contributed by atoms with Gasteiger partial charge in [-0.1, -0.05) is 0 Å². The number of fused-ring (bicyclic) bond motifs is 3. The topological polar surface area (TPSA) is 39.9 Å². The molecule has 4 nitrogen and oxygen atoms in total. The van der Waals surface area contributed by atoms with Crippen LogP contribution in [0.3, 0.4) is 0 Å². The van der Waals surface area contributed by atoms with E-state index in [9.17, 15) is 0 Å². The van der Waals surface area contributed by atoms with Gasteiger partial charge in [0.05, 0.1) is 23.6 Å². The van der Waals surface area contributed by atoms with E-state index in [0.717, 1.165) is 35.5 Å². The van der Waals surface area contributed by atoms with Crippen LogP contribution in [0.5, 0.6) is 0 Å². The van der Waals surface area contributed by atoms with Crippen molar-refractivity contribution >= 4 is 22.8 Å². The molecule has 4 heterocycles. The van der Waals surface area contributed by atoms with Gasteiger partial charge in [0.15, 0.2) is 5.65 Å². The lowest BCUT2D eigenvalue weighted by molar-refractivity contribution is 0.0939. The molecule has 2 aromatic rings. The number of imidazole rings is 1. The molecule has 0 spiro atoms. The van der Waals surface area contributed by atoms with E-state index in [1.807, 2.05) is 26.0 Å². The zero-order valence-electron chi connectivity index (χ0n) is 11.7. The summed E-state index contributed by atoms with van der Waals surface area (Å²) in [6.45, 7) is 3.98. The van der Waals surface area contributed by atoms with E-state index >= 15 is 0 Å². The summed E-state index contributed by atoms with van der Waals surface area (Å²) in [7, 11) is 0. The largest absolute Gasteiger partial charge is 0.373 e. The summed E-state index contributed by atoms with van der Waals surface area (Å²) in [6, 6.07) is 4.37. The molecule has 4 unspecified atom stereocenters. The Morgan fingerprint density at radius 1 is 1.35 bits per heavy atom. The van der Waals surface area contributed by atoms with Crippen LogP contribution < -0.4 is 0 Å². The first kappa shape index (κ1) is 12.6. The van der Waals surface area contributed by atoms with E-state index in [0.29, 0.717) is 18.2 Å². The molecule has 0 amide bonds. The SMILES string of the molecule is Cc1ccc2nc(C(C)Cl)n(C3CC4CCC3O4)c2n1. The van der Waals surface area contributed by atoms with E-state index in [1.54, 1.807) is 0 Å². The Morgan fingerprint density at radius 2 is 2.20 bits per heavy atom. The van der Waals surface area contributed by atoms with Gasteiger partial charge in [-0.25, -0.2) is 9.97 Å². The predicted molar refractivity (Wildman–Crippen MR) is 78.1 cm³/mol. The van der Waals surface area contributed by atoms with Crippen LogP contribution in [-0.4, -0.2) is 26.7 Å². The molecular weight excluding hydrogens is 274 g/mol. The number of pyridine rings is 1. The first-order chi connectivity index (χ1) is 9.63. The van der Waals surface area contributed by atoms with Crippen molar-refractivity contribution in [2.24, 2.45) is 0 Å². The normalized spacial score (nSPS) is 30.2. The Bertz CT molecular complexity index is 666. The van der Waals surface area contributed by atoms with Gasteiger partial charge in [0.1, 0.15) is 11.3 Å². The second kappa shape index (κ2) is 4.43. The predicted octanol–water partition coefficient (Wildman–Crippen LogP) is 3.53. The van der Waals surface area contributed by atoms with E-state index in [2.05, 4.69) is 4.57 Å². The number of halogens is 1. The highest BCUT2D eigenvalue weighted by atomic mass is 35.5. The lowest BCUT2D eigenvalue weighted by Gasteiger charge is -2.23. The average Bonchev–Trinajstić information content (AvgIpc) is 3.10. The zero-order chi connectivity index (χ0) is 13.9. The van der Waals surface area contributed by atoms with Crippen molar-refractivity contribution in [1.29, 1.82) is 0 Å². The molecule has 0 aliphatic carbocycles. The molecular formula is C15H18ClN3O. The fourth-order valence-corrected chi connectivity index (χ4v) is 3.73. The highest BCUT2D eigenvalue weighted by Crippen LogP contribution is 2.44. The maximum absolute atomic E-state index is 6.35. The summed E-state index contributed by atoms with van der Waals surface area (Å²) in [5.41, 5.74) is 2.89. The van der Waals surface area contributed by atoms with E-state index in [1.165, 1.54) is 6.42 Å². The van der Waals surface area contributed by atoms with Crippen LogP contribution in [0.4, 0.5) is 0 Å². The number of hydrogen-bond donors (Lipinski definition) is 0. The van der Waals surface area contributed by atoms with E-state index < -0.39 is 0 Å². The number of aromatic nitrogens is 3. The molecule has 106 valence electrons. The van der Waals surface area contributed by atoms with Gasteiger partial charge in [0, 0.05) is 5.69 Å².